The Kier molecular flexibility index (Phi) is 14.4. The summed E-state index contributed by atoms with van der Waals surface area (Å²) in [5, 5.41) is 9.07. The number of carboxylic acid groups (broad SMARTS) is 1. The van der Waals surface area contributed by atoms with E-state index in [1.54, 1.807) is 6.07 Å². The molecule has 28 heavy (non-hydrogen) atoms. The molecule has 160 valence electrons. The van der Waals surface area contributed by atoms with Gasteiger partial charge in [0.25, 0.3) is 0 Å². The maximum atomic E-state index is 11.1. The monoisotopic (exact) mass is 390 g/mol. The molecular formula is C25H42O3. The Morgan fingerprint density at radius 1 is 0.750 bits per heavy atom. The van der Waals surface area contributed by atoms with Crippen LogP contribution in [0.2, 0.25) is 0 Å². The maximum absolute atomic E-state index is 11.1. The SMILES string of the molecule is CCCCCCCCCCc1c(CCCCCCCC)cccc1OC(=O)O. The Hall–Kier alpha value is -1.51. The molecule has 0 amide bonds. The maximum Gasteiger partial charge on any atom is 0.511 e. The Bertz CT molecular complexity index is 525. The van der Waals surface area contributed by atoms with E-state index in [0.29, 0.717) is 5.75 Å². The van der Waals surface area contributed by atoms with E-state index < -0.39 is 6.16 Å². The van der Waals surface area contributed by atoms with Crippen LogP contribution in [0.15, 0.2) is 18.2 Å². The number of hydrogen-bond donors (Lipinski definition) is 1. The summed E-state index contributed by atoms with van der Waals surface area (Å²) in [5.41, 5.74) is 2.39. The van der Waals surface area contributed by atoms with Crippen LogP contribution in [0.1, 0.15) is 115 Å². The van der Waals surface area contributed by atoms with Gasteiger partial charge in [-0.15, -0.1) is 0 Å². The van der Waals surface area contributed by atoms with Crippen molar-refractivity contribution in [2.24, 2.45) is 0 Å². The van der Waals surface area contributed by atoms with Gasteiger partial charge in [-0.2, -0.15) is 0 Å². The van der Waals surface area contributed by atoms with Crippen LogP contribution in [-0.2, 0) is 12.8 Å². The van der Waals surface area contributed by atoms with E-state index in [4.69, 9.17) is 9.84 Å². The van der Waals surface area contributed by atoms with Crippen LogP contribution in [0.5, 0.6) is 5.75 Å². The first-order valence-electron chi connectivity index (χ1n) is 11.7. The Morgan fingerprint density at radius 3 is 1.79 bits per heavy atom. The number of hydrogen-bond acceptors (Lipinski definition) is 2. The number of unbranched alkanes of at least 4 members (excludes halogenated alkanes) is 12. The summed E-state index contributed by atoms with van der Waals surface area (Å²) in [6.07, 6.45) is 18.6. The van der Waals surface area contributed by atoms with Crippen LogP contribution in [-0.4, -0.2) is 11.3 Å². The second kappa shape index (κ2) is 16.4. The van der Waals surface area contributed by atoms with Crippen LogP contribution < -0.4 is 4.74 Å². The molecule has 0 aliphatic heterocycles. The normalized spacial score (nSPS) is 10.9. The van der Waals surface area contributed by atoms with Crippen molar-refractivity contribution in [3.8, 4) is 5.75 Å². The zero-order valence-corrected chi connectivity index (χ0v) is 18.3. The number of carbonyl (C=O) groups is 1. The van der Waals surface area contributed by atoms with E-state index in [1.165, 1.54) is 89.0 Å². The summed E-state index contributed by atoms with van der Waals surface area (Å²) in [6.45, 7) is 4.49. The van der Waals surface area contributed by atoms with Crippen molar-refractivity contribution in [3.63, 3.8) is 0 Å². The summed E-state index contributed by atoms with van der Waals surface area (Å²) in [7, 11) is 0. The molecule has 0 aliphatic carbocycles. The lowest BCUT2D eigenvalue weighted by Gasteiger charge is -2.14. The first-order valence-corrected chi connectivity index (χ1v) is 11.7. The largest absolute Gasteiger partial charge is 0.511 e. The van der Waals surface area contributed by atoms with Gasteiger partial charge in [0, 0.05) is 0 Å². The van der Waals surface area contributed by atoms with E-state index in [2.05, 4.69) is 19.9 Å². The van der Waals surface area contributed by atoms with Crippen molar-refractivity contribution in [2.45, 2.75) is 117 Å². The number of aryl methyl sites for hydroxylation is 1. The average molecular weight is 391 g/mol. The molecule has 1 N–H and O–H groups in total. The molecule has 1 rings (SSSR count). The first kappa shape index (κ1) is 24.5. The van der Waals surface area contributed by atoms with E-state index in [-0.39, 0.29) is 0 Å². The minimum absolute atomic E-state index is 0.541. The van der Waals surface area contributed by atoms with Crippen molar-refractivity contribution in [2.75, 3.05) is 0 Å². The van der Waals surface area contributed by atoms with Crippen molar-refractivity contribution >= 4 is 6.16 Å². The summed E-state index contributed by atoms with van der Waals surface area (Å²) in [6, 6.07) is 5.89. The van der Waals surface area contributed by atoms with Crippen molar-refractivity contribution < 1.29 is 14.6 Å². The molecule has 0 saturated heterocycles. The van der Waals surface area contributed by atoms with Gasteiger partial charge in [0.2, 0.25) is 0 Å². The minimum Gasteiger partial charge on any atom is -0.449 e. The van der Waals surface area contributed by atoms with Gasteiger partial charge in [-0.1, -0.05) is 103 Å². The molecule has 3 nitrogen and oxygen atoms in total. The fraction of sp³-hybridized carbons (Fsp3) is 0.720. The smallest absolute Gasteiger partial charge is 0.449 e. The van der Waals surface area contributed by atoms with E-state index >= 15 is 0 Å². The molecule has 0 saturated carbocycles. The second-order valence-electron chi connectivity index (χ2n) is 8.00. The number of rotatable bonds is 17. The third kappa shape index (κ3) is 11.4. The highest BCUT2D eigenvalue weighted by Gasteiger charge is 2.12. The van der Waals surface area contributed by atoms with Gasteiger partial charge < -0.3 is 9.84 Å². The highest BCUT2D eigenvalue weighted by Crippen LogP contribution is 2.27. The van der Waals surface area contributed by atoms with Gasteiger partial charge in [-0.25, -0.2) is 4.79 Å². The summed E-state index contributed by atoms with van der Waals surface area (Å²) < 4.78 is 5.08. The Balaban J connectivity index is 2.50. The third-order valence-corrected chi connectivity index (χ3v) is 5.51. The van der Waals surface area contributed by atoms with Gasteiger partial charge in [-0.05, 0) is 42.9 Å². The average Bonchev–Trinajstić information content (AvgIpc) is 2.67. The van der Waals surface area contributed by atoms with Crippen LogP contribution in [0, 0.1) is 0 Å². The van der Waals surface area contributed by atoms with Crippen LogP contribution in [0.3, 0.4) is 0 Å². The zero-order chi connectivity index (χ0) is 20.5. The second-order valence-corrected chi connectivity index (χ2v) is 8.00. The topological polar surface area (TPSA) is 46.5 Å². The molecule has 0 spiro atoms. The molecule has 0 atom stereocenters. The summed E-state index contributed by atoms with van der Waals surface area (Å²) in [4.78, 5) is 11.1. The van der Waals surface area contributed by atoms with Gasteiger partial charge in [0.05, 0.1) is 0 Å². The molecule has 0 fully saturated rings. The Labute approximate surface area is 172 Å². The molecule has 0 unspecified atom stereocenters. The molecular weight excluding hydrogens is 348 g/mol. The lowest BCUT2D eigenvalue weighted by molar-refractivity contribution is 0.144. The number of ether oxygens (including phenoxy) is 1. The first-order chi connectivity index (χ1) is 13.7. The highest BCUT2D eigenvalue weighted by atomic mass is 16.7. The highest BCUT2D eigenvalue weighted by molar-refractivity contribution is 5.62. The molecule has 0 aliphatic rings. The lowest BCUT2D eigenvalue weighted by Crippen LogP contribution is -2.07. The molecule has 0 radical (unpaired) electrons. The van der Waals surface area contributed by atoms with E-state index in [1.807, 2.05) is 6.07 Å². The van der Waals surface area contributed by atoms with Crippen molar-refractivity contribution in [3.05, 3.63) is 29.3 Å². The predicted octanol–water partition coefficient (Wildman–Crippen LogP) is 8.33. The predicted molar refractivity (Wildman–Crippen MR) is 118 cm³/mol. The van der Waals surface area contributed by atoms with Gasteiger partial charge in [-0.3, -0.25) is 0 Å². The molecule has 0 heterocycles. The van der Waals surface area contributed by atoms with E-state index in [0.717, 1.165) is 24.8 Å². The quantitative estimate of drug-likeness (QED) is 0.165. The van der Waals surface area contributed by atoms with Gasteiger partial charge in [0.1, 0.15) is 5.75 Å². The summed E-state index contributed by atoms with van der Waals surface area (Å²) in [5.74, 6) is 0.541. The number of benzene rings is 1. The molecule has 1 aromatic carbocycles. The Morgan fingerprint density at radius 2 is 1.25 bits per heavy atom. The van der Waals surface area contributed by atoms with Crippen molar-refractivity contribution in [1.29, 1.82) is 0 Å². The standard InChI is InChI=1S/C25H42O3/c1-3-5-7-9-11-12-14-16-20-23-22(18-15-13-10-8-6-4-2)19-17-21-24(23)28-25(26)27/h17,19,21H,3-16,18,20H2,1-2H3,(H,26,27). The fourth-order valence-electron chi connectivity index (χ4n) is 3.85. The lowest BCUT2D eigenvalue weighted by atomic mass is 9.95. The molecule has 0 aromatic heterocycles. The van der Waals surface area contributed by atoms with Gasteiger partial charge >= 0.3 is 6.16 Å². The van der Waals surface area contributed by atoms with Crippen LogP contribution >= 0.6 is 0 Å². The van der Waals surface area contributed by atoms with Gasteiger partial charge in [0.15, 0.2) is 0 Å². The molecule has 1 aromatic rings. The molecule has 3 heteroatoms. The van der Waals surface area contributed by atoms with Crippen molar-refractivity contribution in [1.82, 2.24) is 0 Å². The van der Waals surface area contributed by atoms with E-state index in [9.17, 15) is 4.79 Å². The van der Waals surface area contributed by atoms with Crippen LogP contribution in [0.4, 0.5) is 4.79 Å². The zero-order valence-electron chi connectivity index (χ0n) is 18.3. The molecule has 0 bridgehead atoms. The third-order valence-electron chi connectivity index (χ3n) is 5.51. The van der Waals surface area contributed by atoms with Crippen LogP contribution in [0.25, 0.3) is 0 Å². The fourth-order valence-corrected chi connectivity index (χ4v) is 3.85. The summed E-state index contributed by atoms with van der Waals surface area (Å²) >= 11 is 0. The minimum atomic E-state index is -1.21.